The summed E-state index contributed by atoms with van der Waals surface area (Å²) < 4.78 is 5.71. The summed E-state index contributed by atoms with van der Waals surface area (Å²) >= 11 is 1.28. The van der Waals surface area contributed by atoms with Crippen molar-refractivity contribution in [3.8, 4) is 11.5 Å². The van der Waals surface area contributed by atoms with Gasteiger partial charge in [-0.05, 0) is 44.0 Å². The third kappa shape index (κ3) is 3.57. The van der Waals surface area contributed by atoms with E-state index in [0.717, 1.165) is 5.56 Å². The number of ketones is 1. The van der Waals surface area contributed by atoms with Crippen LogP contribution in [0.25, 0.3) is 11.5 Å². The number of thioether (sulfide) groups is 1. The first-order chi connectivity index (χ1) is 11.5. The zero-order valence-electron chi connectivity index (χ0n) is 13.8. The minimum Gasteiger partial charge on any atom is -0.411 e. The lowest BCUT2D eigenvalue weighted by molar-refractivity contribution is 0.0993. The summed E-state index contributed by atoms with van der Waals surface area (Å²) in [5, 5.41) is 8.26. The Hall–Kier alpha value is -2.40. The SMILES string of the molecule is Cc1ccc(-c2nnc(SC(C)C(=O)c3ccccc3)o2)cc1C. The quantitative estimate of drug-likeness (QED) is 0.498. The summed E-state index contributed by atoms with van der Waals surface area (Å²) in [5.74, 6) is 0.520. The molecule has 2 aromatic carbocycles. The Balaban J connectivity index is 1.74. The van der Waals surface area contributed by atoms with E-state index in [1.165, 1.54) is 22.9 Å². The molecule has 0 saturated carbocycles. The maximum Gasteiger partial charge on any atom is 0.277 e. The average Bonchev–Trinajstić information content (AvgIpc) is 3.06. The summed E-state index contributed by atoms with van der Waals surface area (Å²) in [6.45, 7) is 5.95. The number of carbonyl (C=O) groups is 1. The van der Waals surface area contributed by atoms with Crippen molar-refractivity contribution in [2.75, 3.05) is 0 Å². The Kier molecular flexibility index (Phi) is 4.81. The fourth-order valence-corrected chi connectivity index (χ4v) is 3.05. The fourth-order valence-electron chi connectivity index (χ4n) is 2.29. The van der Waals surface area contributed by atoms with E-state index in [1.54, 1.807) is 0 Å². The van der Waals surface area contributed by atoms with Crippen LogP contribution in [-0.2, 0) is 0 Å². The minimum absolute atomic E-state index is 0.0477. The van der Waals surface area contributed by atoms with Gasteiger partial charge in [-0.1, -0.05) is 48.2 Å². The van der Waals surface area contributed by atoms with Gasteiger partial charge in [-0.2, -0.15) is 0 Å². The number of rotatable bonds is 5. The highest BCUT2D eigenvalue weighted by molar-refractivity contribution is 8.00. The number of nitrogens with zero attached hydrogens (tertiary/aromatic N) is 2. The number of aromatic nitrogens is 2. The smallest absolute Gasteiger partial charge is 0.277 e. The van der Waals surface area contributed by atoms with Gasteiger partial charge in [0.2, 0.25) is 5.89 Å². The van der Waals surface area contributed by atoms with Gasteiger partial charge in [-0.3, -0.25) is 4.79 Å². The molecule has 1 atom stereocenters. The van der Waals surface area contributed by atoms with Gasteiger partial charge in [0.25, 0.3) is 5.22 Å². The maximum atomic E-state index is 12.4. The molecule has 122 valence electrons. The largest absolute Gasteiger partial charge is 0.411 e. The molecule has 24 heavy (non-hydrogen) atoms. The molecule has 0 bridgehead atoms. The van der Waals surface area contributed by atoms with E-state index >= 15 is 0 Å². The van der Waals surface area contributed by atoms with Crippen LogP contribution in [0.1, 0.15) is 28.4 Å². The van der Waals surface area contributed by atoms with Crippen molar-refractivity contribution < 1.29 is 9.21 Å². The Morgan fingerprint density at radius 3 is 2.50 bits per heavy atom. The van der Waals surface area contributed by atoms with Crippen molar-refractivity contribution in [3.05, 3.63) is 65.2 Å². The van der Waals surface area contributed by atoms with E-state index in [4.69, 9.17) is 4.42 Å². The number of hydrogen-bond donors (Lipinski definition) is 0. The predicted molar refractivity (Wildman–Crippen MR) is 95.3 cm³/mol. The van der Waals surface area contributed by atoms with Crippen LogP contribution in [0.4, 0.5) is 0 Å². The van der Waals surface area contributed by atoms with Crippen LogP contribution in [0.15, 0.2) is 58.2 Å². The van der Waals surface area contributed by atoms with E-state index in [0.29, 0.717) is 16.7 Å². The van der Waals surface area contributed by atoms with E-state index in [9.17, 15) is 4.79 Å². The van der Waals surface area contributed by atoms with Gasteiger partial charge < -0.3 is 4.42 Å². The second-order valence-electron chi connectivity index (χ2n) is 5.66. The predicted octanol–water partition coefficient (Wildman–Crippen LogP) is 4.72. The first-order valence-electron chi connectivity index (χ1n) is 7.71. The van der Waals surface area contributed by atoms with Gasteiger partial charge in [0.15, 0.2) is 5.78 Å². The molecule has 0 aliphatic carbocycles. The number of aryl methyl sites for hydroxylation is 2. The molecule has 0 saturated heterocycles. The molecular formula is C19H18N2O2S. The van der Waals surface area contributed by atoms with Crippen molar-refractivity contribution in [2.45, 2.75) is 31.2 Å². The Labute approximate surface area is 145 Å². The molecule has 1 aromatic heterocycles. The van der Waals surface area contributed by atoms with E-state index in [1.807, 2.05) is 62.4 Å². The third-order valence-corrected chi connectivity index (χ3v) is 4.80. The zero-order chi connectivity index (χ0) is 17.1. The topological polar surface area (TPSA) is 56.0 Å². The van der Waals surface area contributed by atoms with Gasteiger partial charge >= 0.3 is 0 Å². The molecule has 1 heterocycles. The molecular weight excluding hydrogens is 320 g/mol. The highest BCUT2D eigenvalue weighted by Gasteiger charge is 2.20. The lowest BCUT2D eigenvalue weighted by atomic mass is 10.1. The maximum absolute atomic E-state index is 12.4. The first kappa shape index (κ1) is 16.5. The van der Waals surface area contributed by atoms with Crippen molar-refractivity contribution in [2.24, 2.45) is 0 Å². The second-order valence-corrected chi connectivity index (χ2v) is 6.95. The van der Waals surface area contributed by atoms with Crippen LogP contribution in [0.5, 0.6) is 0 Å². The fraction of sp³-hybridized carbons (Fsp3) is 0.211. The van der Waals surface area contributed by atoms with Crippen LogP contribution in [-0.4, -0.2) is 21.2 Å². The van der Waals surface area contributed by atoms with Gasteiger partial charge in [0, 0.05) is 11.1 Å². The van der Waals surface area contributed by atoms with Gasteiger partial charge in [-0.15, -0.1) is 10.2 Å². The summed E-state index contributed by atoms with van der Waals surface area (Å²) in [6.07, 6.45) is 0. The molecule has 3 rings (SSSR count). The molecule has 1 unspecified atom stereocenters. The van der Waals surface area contributed by atoms with Crippen LogP contribution < -0.4 is 0 Å². The van der Waals surface area contributed by atoms with Crippen LogP contribution >= 0.6 is 11.8 Å². The zero-order valence-corrected chi connectivity index (χ0v) is 14.6. The highest BCUT2D eigenvalue weighted by Crippen LogP contribution is 2.28. The number of Topliss-reactive ketones (excluding diaryl/α,β-unsaturated/α-hetero) is 1. The third-order valence-electron chi connectivity index (χ3n) is 3.87. The summed E-state index contributed by atoms with van der Waals surface area (Å²) in [7, 11) is 0. The van der Waals surface area contributed by atoms with Gasteiger partial charge in [-0.25, -0.2) is 0 Å². The van der Waals surface area contributed by atoms with Gasteiger partial charge in [0.05, 0.1) is 5.25 Å². The molecule has 0 aliphatic heterocycles. The van der Waals surface area contributed by atoms with Crippen molar-refractivity contribution in [3.63, 3.8) is 0 Å². The summed E-state index contributed by atoms with van der Waals surface area (Å²) in [5.41, 5.74) is 3.97. The molecule has 0 fully saturated rings. The van der Waals surface area contributed by atoms with Crippen LogP contribution in [0.2, 0.25) is 0 Å². The molecule has 5 heteroatoms. The molecule has 4 nitrogen and oxygen atoms in total. The Morgan fingerprint density at radius 2 is 1.79 bits per heavy atom. The molecule has 3 aromatic rings. The standard InChI is InChI=1S/C19H18N2O2S/c1-12-9-10-16(11-13(12)2)18-20-21-19(23-18)24-14(3)17(22)15-7-5-4-6-8-15/h4-11,14H,1-3H3. The lowest BCUT2D eigenvalue weighted by Crippen LogP contribution is -2.13. The monoisotopic (exact) mass is 338 g/mol. The molecule has 0 aliphatic rings. The first-order valence-corrected chi connectivity index (χ1v) is 8.59. The van der Waals surface area contributed by atoms with Gasteiger partial charge in [0.1, 0.15) is 0 Å². The van der Waals surface area contributed by atoms with Crippen molar-refractivity contribution in [1.29, 1.82) is 0 Å². The molecule has 0 N–H and O–H groups in total. The summed E-state index contributed by atoms with van der Waals surface area (Å²) in [6, 6.07) is 15.2. The molecule has 0 spiro atoms. The van der Waals surface area contributed by atoms with E-state index in [-0.39, 0.29) is 11.0 Å². The van der Waals surface area contributed by atoms with Crippen molar-refractivity contribution >= 4 is 17.5 Å². The number of carbonyl (C=O) groups excluding carboxylic acids is 1. The Morgan fingerprint density at radius 1 is 1.04 bits per heavy atom. The van der Waals surface area contributed by atoms with Crippen LogP contribution in [0.3, 0.4) is 0 Å². The highest BCUT2D eigenvalue weighted by atomic mass is 32.2. The lowest BCUT2D eigenvalue weighted by Gasteiger charge is -2.07. The number of hydrogen-bond acceptors (Lipinski definition) is 5. The van der Waals surface area contributed by atoms with E-state index in [2.05, 4.69) is 17.1 Å². The molecule has 0 radical (unpaired) electrons. The second kappa shape index (κ2) is 7.01. The minimum atomic E-state index is -0.291. The normalized spacial score (nSPS) is 12.1. The number of benzene rings is 2. The Bertz CT molecular complexity index is 859. The van der Waals surface area contributed by atoms with Crippen molar-refractivity contribution in [1.82, 2.24) is 10.2 Å². The van der Waals surface area contributed by atoms with Crippen LogP contribution in [0, 0.1) is 13.8 Å². The summed E-state index contributed by atoms with van der Waals surface area (Å²) in [4.78, 5) is 12.4. The van der Waals surface area contributed by atoms with E-state index < -0.39 is 0 Å². The molecule has 0 amide bonds. The average molecular weight is 338 g/mol.